The normalized spacial score (nSPS) is 45.5. The van der Waals surface area contributed by atoms with Crippen molar-refractivity contribution in [1.29, 1.82) is 0 Å². The molecule has 44 heavy (non-hydrogen) atoms. The van der Waals surface area contributed by atoms with Gasteiger partial charge in [0.05, 0.1) is 0 Å². The lowest BCUT2D eigenvalue weighted by molar-refractivity contribution is -0.576. The molecule has 4 aliphatic carbocycles. The average molecular weight is 617 g/mol. The van der Waals surface area contributed by atoms with Crippen LogP contribution in [0.2, 0.25) is 0 Å². The molecule has 4 saturated carbocycles. The molecular weight excluding hydrogens is 568 g/mol. The van der Waals surface area contributed by atoms with Crippen LogP contribution in [0.4, 0.5) is 0 Å². The number of hydrogen-bond acceptors (Lipinski definition) is 12. The first kappa shape index (κ1) is 36.3. The first-order valence-corrected chi connectivity index (χ1v) is 15.7. The van der Waals surface area contributed by atoms with Gasteiger partial charge in [0.25, 0.3) is 0 Å². The van der Waals surface area contributed by atoms with E-state index in [2.05, 4.69) is 10.6 Å². The molecule has 0 aromatic heterocycles. The molecule has 0 spiro atoms. The fraction of sp³-hybridized carbons (Fsp3) is 0.750. The van der Waals surface area contributed by atoms with Crippen molar-refractivity contribution in [3.63, 3.8) is 0 Å². The van der Waals surface area contributed by atoms with Crippen LogP contribution in [0.15, 0.2) is 48.1 Å². The number of rotatable bonds is 12. The third kappa shape index (κ3) is 7.13. The van der Waals surface area contributed by atoms with E-state index in [0.29, 0.717) is 0 Å². The zero-order valence-electron chi connectivity index (χ0n) is 26.0. The number of nitrogens with one attached hydrogen (secondary N) is 2. The van der Waals surface area contributed by atoms with Crippen molar-refractivity contribution in [1.82, 2.24) is 10.6 Å². The van der Waals surface area contributed by atoms with Crippen LogP contribution >= 0.6 is 0 Å². The summed E-state index contributed by atoms with van der Waals surface area (Å²) in [6.45, 7) is 3.92. The zero-order chi connectivity index (χ0) is 32.9. The molecule has 4 rings (SSSR count). The standard InChI is InChI=1S/C19H30N2O4.C13H18N2O4/c1-5-10(20-3)7-12-16(22)14(17(12)23)9-15-18(24)13(19(15)25)8-11(6-2)21-4;14-3-1-6-10(16)8(11(6)17)5-9-12(18)7(2-4-15)13(9)19/h7-8,12-21H,5-6,9H2,1-4H3;1-4,6-13H,5,14-15H2/q2*-4/b10-7-,11-8-;3-1+,4-2+. The van der Waals surface area contributed by atoms with Gasteiger partial charge in [-0.25, -0.2) is 0 Å². The highest BCUT2D eigenvalue weighted by Gasteiger charge is 2.43. The summed E-state index contributed by atoms with van der Waals surface area (Å²) in [7, 11) is 3.54. The Bertz CT molecular complexity index is 910. The Labute approximate surface area is 260 Å². The quantitative estimate of drug-likeness (QED) is 0.160. The topological polar surface area (TPSA) is 261 Å². The number of hydrogen-bond donors (Lipinski definition) is 4. The Balaban J connectivity index is 0.000000249. The molecular formula is C32H48N4O8-8. The maximum atomic E-state index is 12.4. The average Bonchev–Trinajstić information content (AvgIpc) is 3.03. The van der Waals surface area contributed by atoms with E-state index in [1.165, 1.54) is 24.6 Å². The Morgan fingerprint density at radius 3 is 0.955 bits per heavy atom. The summed E-state index contributed by atoms with van der Waals surface area (Å²) in [6.07, 6.45) is 2.28. The van der Waals surface area contributed by atoms with Gasteiger partial charge in [0.2, 0.25) is 0 Å². The summed E-state index contributed by atoms with van der Waals surface area (Å²) in [4.78, 5) is 0. The maximum Gasteiger partial charge on any atom is 0.00627 e. The molecule has 4 fully saturated rings. The first-order valence-electron chi connectivity index (χ1n) is 15.7. The lowest BCUT2D eigenvalue weighted by Gasteiger charge is -2.67. The van der Waals surface area contributed by atoms with Crippen LogP contribution in [0, 0.1) is 47.3 Å². The number of nitrogens with two attached hydrogens (primary N) is 2. The molecule has 252 valence electrons. The molecule has 12 nitrogen and oxygen atoms in total. The molecule has 8 atom stereocenters. The van der Waals surface area contributed by atoms with E-state index in [4.69, 9.17) is 11.5 Å². The minimum absolute atomic E-state index is 0.133. The smallest absolute Gasteiger partial charge is 0.00627 e. The van der Waals surface area contributed by atoms with Gasteiger partial charge in [0, 0.05) is 25.5 Å². The minimum Gasteiger partial charge on any atom is -0.851 e. The highest BCUT2D eigenvalue weighted by Crippen LogP contribution is 2.44. The molecule has 12 heteroatoms. The Hall–Kier alpha value is -2.16. The maximum absolute atomic E-state index is 12.4. The fourth-order valence-electron chi connectivity index (χ4n) is 7.19. The molecule has 0 aliphatic heterocycles. The fourth-order valence-corrected chi connectivity index (χ4v) is 7.19. The van der Waals surface area contributed by atoms with E-state index < -0.39 is 96.2 Å². The highest BCUT2D eigenvalue weighted by atomic mass is 16.3. The molecule has 0 aromatic carbocycles. The Morgan fingerprint density at radius 1 is 0.500 bits per heavy atom. The molecule has 6 N–H and O–H groups in total. The van der Waals surface area contributed by atoms with Crippen LogP contribution < -0.4 is 63.0 Å². The van der Waals surface area contributed by atoms with Gasteiger partial charge in [0.15, 0.2) is 0 Å². The molecule has 0 aromatic rings. The second-order valence-corrected chi connectivity index (χ2v) is 12.5. The highest BCUT2D eigenvalue weighted by molar-refractivity contribution is 5.16. The molecule has 0 amide bonds. The summed E-state index contributed by atoms with van der Waals surface area (Å²) in [5.41, 5.74) is 12.1. The third-order valence-electron chi connectivity index (χ3n) is 10.4. The molecule has 4 aliphatic rings. The Morgan fingerprint density at radius 2 is 0.750 bits per heavy atom. The number of allylic oxidation sites excluding steroid dienone is 2. The SMILES string of the molecule is CC/C(=C/C1C([O-])C(CC2C([O-])C(/C=C(/CC)NC)C2[O-])C1[O-])NC.N/C=C/C1C([O-])C(CC2C([O-])C(/C=C/N)C2[O-])C1[O-]. The molecule has 0 saturated heterocycles. The van der Waals surface area contributed by atoms with Gasteiger partial charge in [-0.15, -0.1) is 48.8 Å². The molecule has 0 heterocycles. The summed E-state index contributed by atoms with van der Waals surface area (Å²) in [5.74, 6) is -4.81. The van der Waals surface area contributed by atoms with Crippen LogP contribution in [-0.4, -0.2) is 62.9 Å². The van der Waals surface area contributed by atoms with Crippen LogP contribution in [0.3, 0.4) is 0 Å². The van der Waals surface area contributed by atoms with Gasteiger partial charge in [-0.3, -0.25) is 0 Å². The van der Waals surface area contributed by atoms with Gasteiger partial charge in [-0.1, -0.05) is 74.7 Å². The van der Waals surface area contributed by atoms with Crippen LogP contribution in [0.1, 0.15) is 39.5 Å². The van der Waals surface area contributed by atoms with Gasteiger partial charge < -0.3 is 63.0 Å². The van der Waals surface area contributed by atoms with Crippen molar-refractivity contribution in [2.45, 2.75) is 88.4 Å². The van der Waals surface area contributed by atoms with Gasteiger partial charge in [-0.05, 0) is 48.9 Å². The monoisotopic (exact) mass is 616 g/mol. The predicted octanol–water partition coefficient (Wildman–Crippen LogP) is -6.46. The molecule has 0 radical (unpaired) electrons. The summed E-state index contributed by atoms with van der Waals surface area (Å²) in [5, 5.41) is 103. The lowest BCUT2D eigenvalue weighted by atomic mass is 9.59. The van der Waals surface area contributed by atoms with E-state index in [-0.39, 0.29) is 12.8 Å². The minimum atomic E-state index is -1.05. The van der Waals surface area contributed by atoms with E-state index in [9.17, 15) is 40.9 Å². The summed E-state index contributed by atoms with van der Waals surface area (Å²) < 4.78 is 0. The van der Waals surface area contributed by atoms with Crippen molar-refractivity contribution < 1.29 is 40.9 Å². The van der Waals surface area contributed by atoms with E-state index >= 15 is 0 Å². The largest absolute Gasteiger partial charge is 0.851 e. The molecule has 0 bridgehead atoms. The second-order valence-electron chi connectivity index (χ2n) is 12.5. The Kier molecular flexibility index (Phi) is 13.1. The van der Waals surface area contributed by atoms with Crippen molar-refractivity contribution in [3.05, 3.63) is 48.1 Å². The summed E-state index contributed by atoms with van der Waals surface area (Å²) in [6, 6.07) is 0. The van der Waals surface area contributed by atoms with Crippen LogP contribution in [0.25, 0.3) is 0 Å². The van der Waals surface area contributed by atoms with Crippen molar-refractivity contribution in [2.24, 2.45) is 58.8 Å². The summed E-state index contributed by atoms with van der Waals surface area (Å²) >= 11 is 0. The van der Waals surface area contributed by atoms with E-state index in [1.54, 1.807) is 26.2 Å². The van der Waals surface area contributed by atoms with Crippen molar-refractivity contribution in [2.75, 3.05) is 14.1 Å². The van der Waals surface area contributed by atoms with Crippen molar-refractivity contribution in [3.8, 4) is 0 Å². The second kappa shape index (κ2) is 15.9. The zero-order valence-corrected chi connectivity index (χ0v) is 26.0. The van der Waals surface area contributed by atoms with Gasteiger partial charge in [-0.2, -0.15) is 0 Å². The van der Waals surface area contributed by atoms with Crippen molar-refractivity contribution >= 4 is 0 Å². The molecule has 8 unspecified atom stereocenters. The van der Waals surface area contributed by atoms with Crippen LogP contribution in [-0.2, 0) is 0 Å². The third-order valence-corrected chi connectivity index (χ3v) is 10.4. The lowest BCUT2D eigenvalue weighted by Crippen LogP contribution is -2.71. The van der Waals surface area contributed by atoms with E-state index in [1.807, 2.05) is 13.8 Å². The van der Waals surface area contributed by atoms with Gasteiger partial charge >= 0.3 is 0 Å². The van der Waals surface area contributed by atoms with Crippen LogP contribution in [0.5, 0.6) is 0 Å². The predicted molar refractivity (Wildman–Crippen MR) is 149 cm³/mol. The first-order chi connectivity index (χ1) is 20.9. The van der Waals surface area contributed by atoms with E-state index in [0.717, 1.165) is 24.2 Å². The van der Waals surface area contributed by atoms with Gasteiger partial charge in [0.1, 0.15) is 0 Å².